The number of rotatable bonds is 8. The van der Waals surface area contributed by atoms with E-state index in [2.05, 4.69) is 36.5 Å². The van der Waals surface area contributed by atoms with E-state index in [-0.39, 0.29) is 0 Å². The first-order valence-corrected chi connectivity index (χ1v) is 7.54. The third kappa shape index (κ3) is 5.23. The smallest absolute Gasteiger partial charge is 0.174 e. The van der Waals surface area contributed by atoms with Crippen LogP contribution in [-0.4, -0.2) is 17.7 Å². The normalized spacial score (nSPS) is 12.3. The molecule has 21 heavy (non-hydrogen) atoms. The van der Waals surface area contributed by atoms with Gasteiger partial charge in [0.05, 0.1) is 5.69 Å². The zero-order valence-corrected chi connectivity index (χ0v) is 13.1. The Kier molecular flexibility index (Phi) is 5.81. The molecule has 1 aromatic carbocycles. The van der Waals surface area contributed by atoms with Crippen molar-refractivity contribution in [3.05, 3.63) is 47.3 Å². The Morgan fingerprint density at radius 1 is 1.29 bits per heavy atom. The van der Waals surface area contributed by atoms with E-state index in [1.807, 2.05) is 25.1 Å². The second-order valence-electron chi connectivity index (χ2n) is 5.36. The lowest BCUT2D eigenvalue weighted by Gasteiger charge is -2.12. The highest BCUT2D eigenvalue weighted by molar-refractivity contribution is 5.27. The number of aryl methyl sites for hydroxylation is 2. The highest BCUT2D eigenvalue weighted by Gasteiger charge is 2.03. The zero-order chi connectivity index (χ0) is 15.1. The molecule has 4 nitrogen and oxygen atoms in total. The zero-order valence-electron chi connectivity index (χ0n) is 13.1. The van der Waals surface area contributed by atoms with E-state index >= 15 is 0 Å². The first kappa shape index (κ1) is 15.6. The Balaban J connectivity index is 1.78. The number of benzene rings is 1. The molecule has 1 aromatic heterocycles. The van der Waals surface area contributed by atoms with Gasteiger partial charge in [0, 0.05) is 12.1 Å². The predicted molar refractivity (Wildman–Crippen MR) is 83.5 cm³/mol. The van der Waals surface area contributed by atoms with Crippen LogP contribution in [0.2, 0.25) is 0 Å². The lowest BCUT2D eigenvalue weighted by atomic mass is 10.1. The van der Waals surface area contributed by atoms with Crippen molar-refractivity contribution in [2.45, 2.75) is 46.3 Å². The van der Waals surface area contributed by atoms with Crippen LogP contribution in [0.3, 0.4) is 0 Å². The van der Waals surface area contributed by atoms with Crippen molar-refractivity contribution < 1.29 is 9.26 Å². The average molecular weight is 288 g/mol. The molecule has 2 aromatic rings. The van der Waals surface area contributed by atoms with Gasteiger partial charge in [-0.2, -0.15) is 0 Å². The van der Waals surface area contributed by atoms with Crippen molar-refractivity contribution in [3.8, 4) is 5.75 Å². The molecule has 0 aliphatic heterocycles. The van der Waals surface area contributed by atoms with Gasteiger partial charge in [-0.3, -0.25) is 0 Å². The van der Waals surface area contributed by atoms with Crippen molar-refractivity contribution in [1.29, 1.82) is 0 Å². The summed E-state index contributed by atoms with van der Waals surface area (Å²) in [6, 6.07) is 10.7. The molecule has 1 heterocycles. The summed E-state index contributed by atoms with van der Waals surface area (Å²) in [7, 11) is 0. The van der Waals surface area contributed by atoms with Gasteiger partial charge >= 0.3 is 0 Å². The molecule has 0 radical (unpaired) electrons. The van der Waals surface area contributed by atoms with Crippen molar-refractivity contribution in [1.82, 2.24) is 10.5 Å². The van der Waals surface area contributed by atoms with Crippen molar-refractivity contribution in [2.24, 2.45) is 0 Å². The summed E-state index contributed by atoms with van der Waals surface area (Å²) < 4.78 is 10.8. The van der Waals surface area contributed by atoms with Gasteiger partial charge in [0.2, 0.25) is 0 Å². The maximum absolute atomic E-state index is 5.68. The van der Waals surface area contributed by atoms with E-state index in [4.69, 9.17) is 9.26 Å². The molecule has 1 unspecified atom stereocenters. The Hall–Kier alpha value is -1.81. The highest BCUT2D eigenvalue weighted by Crippen LogP contribution is 2.16. The van der Waals surface area contributed by atoms with E-state index in [9.17, 15) is 0 Å². The van der Waals surface area contributed by atoms with Crippen LogP contribution >= 0.6 is 0 Å². The number of aromatic nitrogens is 1. The first-order chi connectivity index (χ1) is 10.2. The molecular weight excluding hydrogens is 264 g/mol. The second-order valence-corrected chi connectivity index (χ2v) is 5.36. The quantitative estimate of drug-likeness (QED) is 0.807. The minimum absolute atomic E-state index is 0.414. The summed E-state index contributed by atoms with van der Waals surface area (Å²) in [6.45, 7) is 7.70. The number of nitrogens with one attached hydrogen (secondary N) is 1. The summed E-state index contributed by atoms with van der Waals surface area (Å²) in [5.74, 6) is 1.60. The van der Waals surface area contributed by atoms with Crippen LogP contribution < -0.4 is 10.1 Å². The fourth-order valence-electron chi connectivity index (χ4n) is 2.22. The molecule has 4 heteroatoms. The van der Waals surface area contributed by atoms with E-state index in [0.717, 1.165) is 36.6 Å². The molecule has 1 N–H and O–H groups in total. The third-order valence-electron chi connectivity index (χ3n) is 3.40. The molecule has 0 bridgehead atoms. The molecule has 114 valence electrons. The van der Waals surface area contributed by atoms with Crippen molar-refractivity contribution in [2.75, 3.05) is 6.54 Å². The van der Waals surface area contributed by atoms with E-state index in [1.54, 1.807) is 0 Å². The number of hydrogen-bond acceptors (Lipinski definition) is 4. The van der Waals surface area contributed by atoms with Crippen molar-refractivity contribution in [3.63, 3.8) is 0 Å². The van der Waals surface area contributed by atoms with Gasteiger partial charge in [-0.25, -0.2) is 0 Å². The van der Waals surface area contributed by atoms with Crippen LogP contribution in [0.25, 0.3) is 0 Å². The van der Waals surface area contributed by atoms with E-state index < -0.39 is 0 Å². The van der Waals surface area contributed by atoms with Gasteiger partial charge in [-0.1, -0.05) is 24.2 Å². The average Bonchev–Trinajstić information content (AvgIpc) is 2.90. The van der Waals surface area contributed by atoms with Gasteiger partial charge < -0.3 is 14.6 Å². The maximum atomic E-state index is 5.68. The predicted octanol–water partition coefficient (Wildman–Crippen LogP) is 3.49. The second kappa shape index (κ2) is 7.84. The molecule has 0 amide bonds. The lowest BCUT2D eigenvalue weighted by molar-refractivity contribution is 0.248. The molecule has 0 saturated heterocycles. The van der Waals surface area contributed by atoms with Crippen molar-refractivity contribution >= 4 is 0 Å². The summed E-state index contributed by atoms with van der Waals surface area (Å²) in [5.41, 5.74) is 2.21. The van der Waals surface area contributed by atoms with Gasteiger partial charge in [0.25, 0.3) is 0 Å². The summed E-state index contributed by atoms with van der Waals surface area (Å²) >= 11 is 0. The largest absolute Gasteiger partial charge is 0.486 e. The fraction of sp³-hybridized carbons (Fsp3) is 0.471. The Morgan fingerprint density at radius 2 is 2.05 bits per heavy atom. The molecule has 0 aliphatic carbocycles. The SMILES string of the molecule is CCNC(C)CCc1ccc(OCc2cc(C)no2)cc1. The summed E-state index contributed by atoms with van der Waals surface area (Å²) in [6.07, 6.45) is 2.22. The Morgan fingerprint density at radius 3 is 2.67 bits per heavy atom. The molecule has 0 saturated carbocycles. The Bertz CT molecular complexity index is 534. The van der Waals surface area contributed by atoms with E-state index in [0.29, 0.717) is 12.6 Å². The van der Waals surface area contributed by atoms with Gasteiger partial charge in [0.1, 0.15) is 12.4 Å². The van der Waals surface area contributed by atoms with E-state index in [1.165, 1.54) is 5.56 Å². The van der Waals surface area contributed by atoms with Crippen LogP contribution in [0.1, 0.15) is 37.3 Å². The van der Waals surface area contributed by atoms with Gasteiger partial charge in [-0.15, -0.1) is 0 Å². The number of hydrogen-bond donors (Lipinski definition) is 1. The summed E-state index contributed by atoms with van der Waals surface area (Å²) in [4.78, 5) is 0. The van der Waals surface area contributed by atoms with Crippen LogP contribution in [0.15, 0.2) is 34.9 Å². The van der Waals surface area contributed by atoms with Gasteiger partial charge in [0.15, 0.2) is 5.76 Å². The molecule has 2 rings (SSSR count). The van der Waals surface area contributed by atoms with Crippen LogP contribution in [-0.2, 0) is 13.0 Å². The summed E-state index contributed by atoms with van der Waals surface area (Å²) in [5, 5.41) is 7.26. The number of nitrogens with zero attached hydrogens (tertiary/aromatic N) is 1. The molecule has 0 fully saturated rings. The third-order valence-corrected chi connectivity index (χ3v) is 3.40. The molecule has 0 aliphatic rings. The van der Waals surface area contributed by atoms with Crippen LogP contribution in [0.4, 0.5) is 0 Å². The fourth-order valence-corrected chi connectivity index (χ4v) is 2.22. The van der Waals surface area contributed by atoms with Gasteiger partial charge in [-0.05, 0) is 50.9 Å². The molecular formula is C17H24N2O2. The molecule has 0 spiro atoms. The number of ether oxygens (including phenoxy) is 1. The minimum atomic E-state index is 0.414. The highest BCUT2D eigenvalue weighted by atomic mass is 16.5. The first-order valence-electron chi connectivity index (χ1n) is 7.54. The standard InChI is InChI=1S/C17H24N2O2/c1-4-18-13(2)5-6-15-7-9-16(10-8-15)20-12-17-11-14(3)19-21-17/h7-11,13,18H,4-6,12H2,1-3H3. The minimum Gasteiger partial charge on any atom is -0.486 e. The lowest BCUT2D eigenvalue weighted by Crippen LogP contribution is -2.25. The topological polar surface area (TPSA) is 47.3 Å². The van der Waals surface area contributed by atoms with Crippen LogP contribution in [0.5, 0.6) is 5.75 Å². The Labute approximate surface area is 126 Å². The maximum Gasteiger partial charge on any atom is 0.174 e. The monoisotopic (exact) mass is 288 g/mol. The van der Waals surface area contributed by atoms with Crippen LogP contribution in [0, 0.1) is 6.92 Å². The molecule has 1 atom stereocenters.